The summed E-state index contributed by atoms with van der Waals surface area (Å²) in [4.78, 5) is 11.2. The van der Waals surface area contributed by atoms with Gasteiger partial charge in [-0.3, -0.25) is 4.79 Å². The van der Waals surface area contributed by atoms with Crippen LogP contribution in [-0.4, -0.2) is 19.0 Å². The molecule has 2 N–H and O–H groups in total. The highest BCUT2D eigenvalue weighted by Gasteiger charge is 2.11. The average molecular weight is 220 g/mol. The molecule has 3 nitrogen and oxygen atoms in total. The topological polar surface area (TPSA) is 41.1 Å². The maximum Gasteiger partial charge on any atom is 0.221 e. The van der Waals surface area contributed by atoms with Crippen LogP contribution in [0.15, 0.2) is 30.3 Å². The van der Waals surface area contributed by atoms with E-state index in [1.165, 1.54) is 5.56 Å². The van der Waals surface area contributed by atoms with Crippen molar-refractivity contribution < 1.29 is 4.79 Å². The van der Waals surface area contributed by atoms with Crippen LogP contribution in [0.5, 0.6) is 0 Å². The van der Waals surface area contributed by atoms with Gasteiger partial charge in [-0.2, -0.15) is 0 Å². The molecule has 1 amide bonds. The lowest BCUT2D eigenvalue weighted by molar-refractivity contribution is -0.121. The lowest BCUT2D eigenvalue weighted by atomic mass is 10.1. The van der Waals surface area contributed by atoms with Gasteiger partial charge < -0.3 is 10.6 Å². The predicted octanol–water partition coefficient (Wildman–Crippen LogP) is 1.86. The highest BCUT2D eigenvalue weighted by molar-refractivity contribution is 5.76. The van der Waals surface area contributed by atoms with Gasteiger partial charge in [0.1, 0.15) is 0 Å². The Bertz CT molecular complexity index is 324. The first-order valence-electron chi connectivity index (χ1n) is 5.65. The zero-order chi connectivity index (χ0) is 12.0. The number of hydrogen-bond acceptors (Lipinski definition) is 2. The summed E-state index contributed by atoms with van der Waals surface area (Å²) in [5.74, 6) is 0.0697. The van der Waals surface area contributed by atoms with Crippen LogP contribution in [-0.2, 0) is 4.79 Å². The van der Waals surface area contributed by atoms with Gasteiger partial charge in [0.25, 0.3) is 0 Å². The van der Waals surface area contributed by atoms with E-state index < -0.39 is 0 Å². The first-order chi connectivity index (χ1) is 7.63. The Balaban J connectivity index is 2.45. The average Bonchev–Trinajstić information content (AvgIpc) is 2.29. The zero-order valence-electron chi connectivity index (χ0n) is 10.2. The minimum atomic E-state index is 0.0697. The molecular formula is C13H20N2O. The van der Waals surface area contributed by atoms with Crippen LogP contribution in [0.3, 0.4) is 0 Å². The molecule has 0 aliphatic carbocycles. The lowest BCUT2D eigenvalue weighted by Crippen LogP contribution is -2.34. The third-order valence-corrected chi connectivity index (χ3v) is 2.60. The molecule has 0 aliphatic heterocycles. The molecule has 3 heteroatoms. The fraction of sp³-hybridized carbons (Fsp3) is 0.462. The third kappa shape index (κ3) is 4.03. The van der Waals surface area contributed by atoms with Gasteiger partial charge in [-0.15, -0.1) is 0 Å². The summed E-state index contributed by atoms with van der Waals surface area (Å²) in [5, 5.41) is 6.03. The van der Waals surface area contributed by atoms with E-state index in [1.807, 2.05) is 25.1 Å². The van der Waals surface area contributed by atoms with Gasteiger partial charge in [-0.25, -0.2) is 0 Å². The number of carbonyl (C=O) groups is 1. The second-order valence-electron chi connectivity index (χ2n) is 4.08. The lowest BCUT2D eigenvalue weighted by Gasteiger charge is -2.19. The first-order valence-corrected chi connectivity index (χ1v) is 5.65. The smallest absolute Gasteiger partial charge is 0.221 e. The van der Waals surface area contributed by atoms with Gasteiger partial charge in [0.05, 0.1) is 0 Å². The van der Waals surface area contributed by atoms with Crippen LogP contribution >= 0.6 is 0 Å². The van der Waals surface area contributed by atoms with Gasteiger partial charge in [0.2, 0.25) is 5.91 Å². The summed E-state index contributed by atoms with van der Waals surface area (Å²) in [6.45, 7) is 4.13. The van der Waals surface area contributed by atoms with E-state index in [0.717, 1.165) is 0 Å². The molecule has 88 valence electrons. The molecule has 0 heterocycles. The summed E-state index contributed by atoms with van der Waals surface area (Å²) in [7, 11) is 1.66. The fourth-order valence-electron chi connectivity index (χ4n) is 1.70. The standard InChI is InChI=1S/C13H20N2O/c1-10(9-13(16)14-3)15-11(2)12-7-5-4-6-8-12/h4-8,10-11,15H,9H2,1-3H3,(H,14,16)/t10?,11-/m0/s1. The molecule has 1 aromatic rings. The van der Waals surface area contributed by atoms with E-state index >= 15 is 0 Å². The zero-order valence-corrected chi connectivity index (χ0v) is 10.2. The van der Waals surface area contributed by atoms with Crippen molar-refractivity contribution in [3.05, 3.63) is 35.9 Å². The van der Waals surface area contributed by atoms with Crippen molar-refractivity contribution in [3.63, 3.8) is 0 Å². The summed E-state index contributed by atoms with van der Waals surface area (Å²) in [6, 6.07) is 10.7. The number of rotatable bonds is 5. The quantitative estimate of drug-likeness (QED) is 0.795. The minimum absolute atomic E-state index is 0.0697. The van der Waals surface area contributed by atoms with Crippen molar-refractivity contribution in [2.75, 3.05) is 7.05 Å². The molecule has 0 aliphatic rings. The maximum absolute atomic E-state index is 11.2. The highest BCUT2D eigenvalue weighted by atomic mass is 16.1. The summed E-state index contributed by atoms with van der Waals surface area (Å²) >= 11 is 0. The van der Waals surface area contributed by atoms with Crippen LogP contribution in [0.2, 0.25) is 0 Å². The van der Waals surface area contributed by atoms with Crippen molar-refractivity contribution in [1.29, 1.82) is 0 Å². The van der Waals surface area contributed by atoms with E-state index in [1.54, 1.807) is 7.05 Å². The maximum atomic E-state index is 11.2. The van der Waals surface area contributed by atoms with Crippen LogP contribution in [0.1, 0.15) is 31.9 Å². The Morgan fingerprint density at radius 1 is 1.25 bits per heavy atom. The van der Waals surface area contributed by atoms with E-state index in [2.05, 4.69) is 29.7 Å². The molecular weight excluding hydrogens is 200 g/mol. The van der Waals surface area contributed by atoms with Gasteiger partial charge in [-0.05, 0) is 19.4 Å². The van der Waals surface area contributed by atoms with Crippen molar-refractivity contribution in [1.82, 2.24) is 10.6 Å². The first kappa shape index (κ1) is 12.7. The number of carbonyl (C=O) groups excluding carboxylic acids is 1. The number of nitrogens with one attached hydrogen (secondary N) is 2. The Morgan fingerprint density at radius 3 is 2.44 bits per heavy atom. The Labute approximate surface area is 97.2 Å². The molecule has 0 radical (unpaired) electrons. The van der Waals surface area contributed by atoms with Crippen LogP contribution in [0.4, 0.5) is 0 Å². The largest absolute Gasteiger partial charge is 0.359 e. The van der Waals surface area contributed by atoms with E-state index in [9.17, 15) is 4.79 Å². The van der Waals surface area contributed by atoms with E-state index in [0.29, 0.717) is 6.42 Å². The SMILES string of the molecule is CNC(=O)CC(C)N[C@@H](C)c1ccccc1. The second-order valence-corrected chi connectivity index (χ2v) is 4.08. The predicted molar refractivity (Wildman–Crippen MR) is 66.1 cm³/mol. The molecule has 1 aromatic carbocycles. The third-order valence-electron chi connectivity index (χ3n) is 2.60. The Kier molecular flexibility index (Phi) is 4.99. The van der Waals surface area contributed by atoms with Crippen molar-refractivity contribution in [3.8, 4) is 0 Å². The molecule has 1 rings (SSSR count). The number of hydrogen-bond donors (Lipinski definition) is 2. The molecule has 2 atom stereocenters. The van der Waals surface area contributed by atoms with Gasteiger partial charge >= 0.3 is 0 Å². The minimum Gasteiger partial charge on any atom is -0.359 e. The molecule has 0 fully saturated rings. The van der Waals surface area contributed by atoms with Crippen molar-refractivity contribution >= 4 is 5.91 Å². The summed E-state index contributed by atoms with van der Waals surface area (Å²) in [5.41, 5.74) is 1.24. The van der Waals surface area contributed by atoms with Gasteiger partial charge in [0, 0.05) is 25.6 Å². The summed E-state index contributed by atoms with van der Waals surface area (Å²) in [6.07, 6.45) is 0.508. The second kappa shape index (κ2) is 6.28. The van der Waals surface area contributed by atoms with Crippen molar-refractivity contribution in [2.24, 2.45) is 0 Å². The normalized spacial score (nSPS) is 14.2. The Hall–Kier alpha value is -1.35. The molecule has 0 aromatic heterocycles. The van der Waals surface area contributed by atoms with Crippen molar-refractivity contribution in [2.45, 2.75) is 32.4 Å². The highest BCUT2D eigenvalue weighted by Crippen LogP contribution is 2.12. The molecule has 0 spiro atoms. The number of amides is 1. The molecule has 1 unspecified atom stereocenters. The Morgan fingerprint density at radius 2 is 1.88 bits per heavy atom. The molecule has 0 saturated heterocycles. The summed E-state index contributed by atoms with van der Waals surface area (Å²) < 4.78 is 0. The fourth-order valence-corrected chi connectivity index (χ4v) is 1.70. The number of benzene rings is 1. The van der Waals surface area contributed by atoms with E-state index in [4.69, 9.17) is 0 Å². The van der Waals surface area contributed by atoms with Gasteiger partial charge in [0.15, 0.2) is 0 Å². The van der Waals surface area contributed by atoms with E-state index in [-0.39, 0.29) is 18.0 Å². The van der Waals surface area contributed by atoms with Crippen LogP contribution < -0.4 is 10.6 Å². The molecule has 16 heavy (non-hydrogen) atoms. The van der Waals surface area contributed by atoms with Crippen LogP contribution in [0, 0.1) is 0 Å². The molecule has 0 saturated carbocycles. The van der Waals surface area contributed by atoms with Gasteiger partial charge in [-0.1, -0.05) is 30.3 Å². The monoisotopic (exact) mass is 220 g/mol. The molecule has 0 bridgehead atoms. The van der Waals surface area contributed by atoms with Crippen LogP contribution in [0.25, 0.3) is 0 Å².